The van der Waals surface area contributed by atoms with Crippen molar-refractivity contribution in [3.63, 3.8) is 0 Å². The van der Waals surface area contributed by atoms with Crippen molar-refractivity contribution in [1.82, 2.24) is 19.6 Å². The molecule has 220 valence electrons. The topological polar surface area (TPSA) is 157 Å². The van der Waals surface area contributed by atoms with Gasteiger partial charge >= 0.3 is 5.69 Å². The number of nitro groups is 1. The van der Waals surface area contributed by atoms with E-state index in [9.17, 15) is 32.1 Å². The van der Waals surface area contributed by atoms with Crippen LogP contribution in [0.25, 0.3) is 11.0 Å². The lowest BCUT2D eigenvalue weighted by Gasteiger charge is -2.22. The average Bonchev–Trinajstić information content (AvgIpc) is 3.63. The van der Waals surface area contributed by atoms with Gasteiger partial charge in [0.05, 0.1) is 27.6 Å². The summed E-state index contributed by atoms with van der Waals surface area (Å²) in [6.45, 7) is -1.25. The molecule has 0 aliphatic carbocycles. The van der Waals surface area contributed by atoms with E-state index in [1.54, 1.807) is 29.3 Å². The quantitative estimate of drug-likeness (QED) is 0.190. The minimum Gasteiger partial charge on any atom is -0.482 e. The average molecular weight is 602 g/mol. The molecule has 2 aromatic heterocycles. The summed E-state index contributed by atoms with van der Waals surface area (Å²) in [6, 6.07) is 11.5. The maximum absolute atomic E-state index is 13.1. The third-order valence-corrected chi connectivity index (χ3v) is 8.07. The van der Waals surface area contributed by atoms with Crippen molar-refractivity contribution in [2.45, 2.75) is 23.5 Å². The van der Waals surface area contributed by atoms with Crippen LogP contribution in [0.2, 0.25) is 0 Å². The monoisotopic (exact) mass is 601 g/mol. The van der Waals surface area contributed by atoms with Gasteiger partial charge in [-0.15, -0.1) is 0 Å². The Bertz CT molecular complexity index is 1730. The lowest BCUT2D eigenvalue weighted by atomic mass is 10.2. The van der Waals surface area contributed by atoms with Crippen LogP contribution in [0.4, 0.5) is 14.5 Å². The van der Waals surface area contributed by atoms with Crippen molar-refractivity contribution in [3.8, 4) is 17.2 Å². The molecule has 42 heavy (non-hydrogen) atoms. The first-order chi connectivity index (χ1) is 20.2. The number of nitrogens with one attached hydrogen (secondary N) is 2. The third kappa shape index (κ3) is 6.16. The number of aromatic amines is 1. The number of sulfonamides is 1. The first-order valence-corrected chi connectivity index (χ1v) is 14.2. The number of ether oxygens (including phenoxy) is 2. The van der Waals surface area contributed by atoms with E-state index in [0.717, 1.165) is 23.6 Å². The minimum absolute atomic E-state index is 0.0602. The van der Waals surface area contributed by atoms with Crippen LogP contribution in [0.5, 0.6) is 17.2 Å². The molecule has 2 N–H and O–H groups in total. The molecule has 2 aromatic carbocycles. The predicted octanol–water partition coefficient (Wildman–Crippen LogP) is 4.14. The zero-order valence-electron chi connectivity index (χ0n) is 21.9. The number of fused-ring (bicyclic) bond motifs is 1. The molecule has 0 unspecified atom stereocenters. The fourth-order valence-corrected chi connectivity index (χ4v) is 5.57. The van der Waals surface area contributed by atoms with Crippen LogP contribution < -0.4 is 14.2 Å². The minimum atomic E-state index is -4.57. The maximum Gasteiger partial charge on any atom is 0.312 e. The Labute approximate surface area is 238 Å². The van der Waals surface area contributed by atoms with Gasteiger partial charge in [-0.2, -0.15) is 0 Å². The smallest absolute Gasteiger partial charge is 0.312 e. The Kier molecular flexibility index (Phi) is 8.31. The number of carbonyl (C=O) groups excluding carboxylic acids is 1. The van der Waals surface area contributed by atoms with Crippen molar-refractivity contribution in [3.05, 3.63) is 82.7 Å². The van der Waals surface area contributed by atoms with Gasteiger partial charge < -0.3 is 14.5 Å². The number of hydrogen-bond donors (Lipinski definition) is 2. The van der Waals surface area contributed by atoms with Gasteiger partial charge in [-0.1, -0.05) is 12.1 Å². The maximum atomic E-state index is 13.1. The van der Waals surface area contributed by atoms with Gasteiger partial charge in [-0.3, -0.25) is 19.8 Å². The highest BCUT2D eigenvalue weighted by atomic mass is 32.2. The number of nitrogens with zero attached hydrogens (tertiary/aromatic N) is 3. The van der Waals surface area contributed by atoms with Crippen LogP contribution in [-0.4, -0.2) is 72.7 Å². The van der Waals surface area contributed by atoms with Crippen LogP contribution in [0.15, 0.2) is 71.9 Å². The van der Waals surface area contributed by atoms with E-state index in [2.05, 4.69) is 9.97 Å². The van der Waals surface area contributed by atoms with Gasteiger partial charge in [-0.25, -0.2) is 26.9 Å². The predicted molar refractivity (Wildman–Crippen MR) is 147 cm³/mol. The number of amides is 1. The number of pyridine rings is 1. The second-order valence-electron chi connectivity index (χ2n) is 9.49. The van der Waals surface area contributed by atoms with Crippen LogP contribution in [0, 0.1) is 10.1 Å². The fraction of sp³-hybridized carbons (Fsp3) is 0.259. The van der Waals surface area contributed by atoms with E-state index < -0.39 is 56.9 Å². The second kappa shape index (κ2) is 12.1. The number of halogens is 2. The molecule has 0 saturated carbocycles. The summed E-state index contributed by atoms with van der Waals surface area (Å²) in [5.41, 5.74) is -0.111. The van der Waals surface area contributed by atoms with Crippen molar-refractivity contribution in [2.24, 2.45) is 0 Å². The van der Waals surface area contributed by atoms with Crippen molar-refractivity contribution in [2.75, 3.05) is 26.4 Å². The highest BCUT2D eigenvalue weighted by molar-refractivity contribution is 7.90. The number of nitro benzene ring substituents is 1. The Morgan fingerprint density at radius 2 is 1.95 bits per heavy atom. The first kappa shape index (κ1) is 28.9. The number of benzene rings is 2. The molecule has 0 radical (unpaired) electrons. The van der Waals surface area contributed by atoms with Gasteiger partial charge in [0.2, 0.25) is 0 Å². The molecule has 4 aromatic rings. The molecule has 0 spiro atoms. The van der Waals surface area contributed by atoms with E-state index in [-0.39, 0.29) is 23.6 Å². The zero-order chi connectivity index (χ0) is 29.9. The zero-order valence-corrected chi connectivity index (χ0v) is 22.7. The molecule has 15 heteroatoms. The van der Waals surface area contributed by atoms with Gasteiger partial charge in [0.1, 0.15) is 36.6 Å². The summed E-state index contributed by atoms with van der Waals surface area (Å²) in [5.74, 6) is -0.858. The van der Waals surface area contributed by atoms with Crippen LogP contribution in [0.3, 0.4) is 0 Å². The summed E-state index contributed by atoms with van der Waals surface area (Å²) in [7, 11) is -4.57. The molecule has 1 amide bonds. The second-order valence-corrected chi connectivity index (χ2v) is 11.2. The standard InChI is InChI=1S/C27H25F2N5O7S/c28-13-18(14-29)33-10-8-19(16-33)40-25-6-5-21(12-23(25)34(36)37)42(38,39)32-27(35)22-3-1-2-4-24(22)41-20-11-17-7-9-30-26(17)31-15-20/h1-7,9,11-12,15,18-19H,8,10,13-14,16H2,(H,30,31)(H,32,35)/t19-/m1/s1. The molecule has 1 aliphatic heterocycles. The van der Waals surface area contributed by atoms with Crippen LogP contribution in [-0.2, 0) is 10.0 Å². The first-order valence-electron chi connectivity index (χ1n) is 12.8. The highest BCUT2D eigenvalue weighted by Crippen LogP contribution is 2.33. The summed E-state index contributed by atoms with van der Waals surface area (Å²) in [6.07, 6.45) is 2.93. The number of aromatic nitrogens is 2. The Morgan fingerprint density at radius 3 is 2.71 bits per heavy atom. The number of hydrogen-bond acceptors (Lipinski definition) is 9. The molecular weight excluding hydrogens is 576 g/mol. The molecular formula is C27H25F2N5O7S. The molecule has 1 atom stereocenters. The highest BCUT2D eigenvalue weighted by Gasteiger charge is 2.32. The molecule has 5 rings (SSSR count). The molecule has 12 nitrogen and oxygen atoms in total. The number of carbonyl (C=O) groups is 1. The molecule has 0 bridgehead atoms. The summed E-state index contributed by atoms with van der Waals surface area (Å²) >= 11 is 0. The molecule has 1 fully saturated rings. The van der Waals surface area contributed by atoms with E-state index in [4.69, 9.17) is 9.47 Å². The SMILES string of the molecule is O=C(NS(=O)(=O)c1ccc(O[C@@H]2CCN(C(CF)CF)C2)c([N+](=O)[O-])c1)c1ccccc1Oc1cnc2[nH]ccc2c1. The number of rotatable bonds is 11. The molecule has 3 heterocycles. The van der Waals surface area contributed by atoms with E-state index in [1.165, 1.54) is 24.4 Å². The number of likely N-dealkylation sites (tertiary alicyclic amines) is 1. The summed E-state index contributed by atoms with van der Waals surface area (Å²) < 4.78 is 65.7. The van der Waals surface area contributed by atoms with Crippen LogP contribution >= 0.6 is 0 Å². The lowest BCUT2D eigenvalue weighted by Crippen LogP contribution is -2.38. The van der Waals surface area contributed by atoms with Crippen LogP contribution in [0.1, 0.15) is 16.8 Å². The summed E-state index contributed by atoms with van der Waals surface area (Å²) in [5, 5.41) is 12.5. The van der Waals surface area contributed by atoms with Gasteiger partial charge in [-0.05, 0) is 42.8 Å². The van der Waals surface area contributed by atoms with Gasteiger partial charge in [0.15, 0.2) is 5.75 Å². The van der Waals surface area contributed by atoms with E-state index in [0.29, 0.717) is 24.4 Å². The van der Waals surface area contributed by atoms with Crippen molar-refractivity contribution in [1.29, 1.82) is 0 Å². The van der Waals surface area contributed by atoms with E-state index in [1.807, 2.05) is 4.72 Å². The largest absolute Gasteiger partial charge is 0.482 e. The van der Waals surface area contributed by atoms with Crippen molar-refractivity contribution >= 4 is 32.7 Å². The fourth-order valence-electron chi connectivity index (χ4n) is 4.59. The Morgan fingerprint density at radius 1 is 1.17 bits per heavy atom. The molecule has 1 aliphatic rings. The number of para-hydroxylation sites is 1. The number of H-pyrrole nitrogens is 1. The summed E-state index contributed by atoms with van der Waals surface area (Å²) in [4.78, 5) is 32.2. The molecule has 1 saturated heterocycles. The van der Waals surface area contributed by atoms with E-state index >= 15 is 0 Å². The normalized spacial score (nSPS) is 15.6. The third-order valence-electron chi connectivity index (χ3n) is 6.74. The van der Waals surface area contributed by atoms with Gasteiger partial charge in [0.25, 0.3) is 15.9 Å². The Balaban J connectivity index is 1.32. The van der Waals surface area contributed by atoms with Gasteiger partial charge in [0, 0.05) is 30.7 Å². The Hall–Kier alpha value is -4.63. The lowest BCUT2D eigenvalue weighted by molar-refractivity contribution is -0.386. The van der Waals surface area contributed by atoms with Crippen molar-refractivity contribution < 1.29 is 36.4 Å². The number of alkyl halides is 2.